The number of aliphatic hydroxyl groups is 1. The van der Waals surface area contributed by atoms with E-state index >= 15 is 0 Å². The van der Waals surface area contributed by atoms with Gasteiger partial charge in [0.2, 0.25) is 0 Å². The summed E-state index contributed by atoms with van der Waals surface area (Å²) in [6.07, 6.45) is -0.533. The fourth-order valence-corrected chi connectivity index (χ4v) is 1.19. The van der Waals surface area contributed by atoms with Crippen molar-refractivity contribution in [3.8, 4) is 0 Å². The van der Waals surface area contributed by atoms with Crippen LogP contribution in [-0.4, -0.2) is 35.0 Å². The van der Waals surface area contributed by atoms with E-state index in [1.54, 1.807) is 20.8 Å². The van der Waals surface area contributed by atoms with Gasteiger partial charge in [-0.15, -0.1) is 0 Å². The smallest absolute Gasteiger partial charge is 0.333 e. The van der Waals surface area contributed by atoms with Crippen molar-refractivity contribution in [1.29, 1.82) is 0 Å². The van der Waals surface area contributed by atoms with Crippen molar-refractivity contribution in [2.75, 3.05) is 6.61 Å². The minimum absolute atomic E-state index is 0.0893. The fraction of sp³-hybridized carbons (Fsp3) is 0.786. The van der Waals surface area contributed by atoms with Crippen LogP contribution in [0.15, 0.2) is 12.2 Å². The molecule has 0 saturated heterocycles. The second-order valence-corrected chi connectivity index (χ2v) is 6.28. The molecule has 112 valence electrons. The number of hydrogen-bond donors (Lipinski definition) is 1. The van der Waals surface area contributed by atoms with Crippen molar-refractivity contribution in [3.63, 3.8) is 0 Å². The first kappa shape index (κ1) is 18.1. The van der Waals surface area contributed by atoms with Gasteiger partial charge in [-0.1, -0.05) is 6.58 Å². The highest BCUT2D eigenvalue weighted by molar-refractivity contribution is 5.86. The van der Waals surface area contributed by atoms with E-state index in [4.69, 9.17) is 14.5 Å². The summed E-state index contributed by atoms with van der Waals surface area (Å²) < 4.78 is 4.87. The van der Waals surface area contributed by atoms with Gasteiger partial charge in [0.1, 0.15) is 12.2 Å². The Hall–Kier alpha value is -0.910. The molecule has 0 aliphatic heterocycles. The highest BCUT2D eigenvalue weighted by atomic mass is 17.2. The Morgan fingerprint density at radius 1 is 1.21 bits per heavy atom. The Labute approximate surface area is 115 Å². The van der Waals surface area contributed by atoms with Gasteiger partial charge in [0, 0.05) is 12.0 Å². The lowest BCUT2D eigenvalue weighted by Crippen LogP contribution is -2.35. The van der Waals surface area contributed by atoms with Crippen LogP contribution in [-0.2, 0) is 19.3 Å². The molecule has 0 radical (unpaired) electrons. The molecule has 0 aliphatic carbocycles. The molecule has 0 aliphatic rings. The van der Waals surface area contributed by atoms with Gasteiger partial charge in [0.25, 0.3) is 0 Å². The van der Waals surface area contributed by atoms with Crippen LogP contribution in [0.5, 0.6) is 0 Å². The van der Waals surface area contributed by atoms with Crippen LogP contribution in [0.1, 0.15) is 48.0 Å². The molecule has 0 aromatic rings. The number of carbonyl (C=O) groups is 1. The molecule has 0 aromatic carbocycles. The van der Waals surface area contributed by atoms with Gasteiger partial charge >= 0.3 is 5.97 Å². The maximum atomic E-state index is 11.2. The summed E-state index contributed by atoms with van der Waals surface area (Å²) in [5, 5.41) is 9.80. The van der Waals surface area contributed by atoms with Crippen molar-refractivity contribution in [2.24, 2.45) is 0 Å². The Kier molecular flexibility index (Phi) is 6.69. The van der Waals surface area contributed by atoms with Crippen molar-refractivity contribution in [3.05, 3.63) is 12.2 Å². The summed E-state index contributed by atoms with van der Waals surface area (Å²) >= 11 is 0. The van der Waals surface area contributed by atoms with Crippen LogP contribution < -0.4 is 0 Å². The molecule has 19 heavy (non-hydrogen) atoms. The van der Waals surface area contributed by atoms with Gasteiger partial charge in [-0.05, 0) is 41.5 Å². The molecule has 0 heterocycles. The molecular weight excluding hydrogens is 248 g/mol. The van der Waals surface area contributed by atoms with Gasteiger partial charge in [-0.25, -0.2) is 14.6 Å². The minimum atomic E-state index is -0.818. The lowest BCUT2D eigenvalue weighted by atomic mass is 10.0. The topological polar surface area (TPSA) is 65.0 Å². The summed E-state index contributed by atoms with van der Waals surface area (Å²) in [6.45, 7) is 14.1. The maximum Gasteiger partial charge on any atom is 0.333 e. The van der Waals surface area contributed by atoms with E-state index < -0.39 is 23.3 Å². The third-order valence-electron chi connectivity index (χ3n) is 2.00. The maximum absolute atomic E-state index is 11.2. The second-order valence-electron chi connectivity index (χ2n) is 6.28. The van der Waals surface area contributed by atoms with Gasteiger partial charge in [-0.2, -0.15) is 0 Å². The highest BCUT2D eigenvalue weighted by Gasteiger charge is 2.27. The number of hydrogen-bond acceptors (Lipinski definition) is 5. The first-order valence-corrected chi connectivity index (χ1v) is 6.30. The van der Waals surface area contributed by atoms with E-state index in [1.165, 1.54) is 0 Å². The van der Waals surface area contributed by atoms with E-state index in [-0.39, 0.29) is 13.0 Å². The third kappa shape index (κ3) is 9.64. The molecule has 0 rings (SSSR count). The largest absolute Gasteiger partial charge is 0.460 e. The zero-order valence-corrected chi connectivity index (χ0v) is 12.8. The number of rotatable bonds is 7. The molecule has 1 unspecified atom stereocenters. The Bertz CT molecular complexity index is 314. The van der Waals surface area contributed by atoms with Crippen molar-refractivity contribution < 1.29 is 24.4 Å². The van der Waals surface area contributed by atoms with Crippen molar-refractivity contribution in [1.82, 2.24) is 0 Å². The van der Waals surface area contributed by atoms with Crippen LogP contribution in [0.3, 0.4) is 0 Å². The van der Waals surface area contributed by atoms with Crippen LogP contribution in [0, 0.1) is 0 Å². The van der Waals surface area contributed by atoms with Gasteiger partial charge < -0.3 is 9.84 Å². The van der Waals surface area contributed by atoms with Gasteiger partial charge in [0.15, 0.2) is 0 Å². The normalized spacial score (nSPS) is 14.1. The summed E-state index contributed by atoms with van der Waals surface area (Å²) in [7, 11) is 0. The van der Waals surface area contributed by atoms with E-state index in [9.17, 15) is 9.90 Å². The summed E-state index contributed by atoms with van der Waals surface area (Å²) in [4.78, 5) is 21.7. The van der Waals surface area contributed by atoms with Gasteiger partial charge in [0.05, 0.1) is 11.7 Å². The van der Waals surface area contributed by atoms with Gasteiger partial charge in [-0.3, -0.25) is 0 Å². The minimum Gasteiger partial charge on any atom is -0.460 e. The summed E-state index contributed by atoms with van der Waals surface area (Å²) in [5.41, 5.74) is -0.796. The number of ether oxygens (including phenoxy) is 1. The Balaban J connectivity index is 4.12. The van der Waals surface area contributed by atoms with Crippen LogP contribution in [0.4, 0.5) is 0 Å². The monoisotopic (exact) mass is 274 g/mol. The zero-order valence-electron chi connectivity index (χ0n) is 12.8. The number of esters is 1. The second kappa shape index (κ2) is 7.03. The Morgan fingerprint density at radius 2 is 1.74 bits per heavy atom. The SMILES string of the molecule is C=C(C)C(=O)OCC(O)CC(C)(C)OOC(C)(C)C. The molecule has 0 fully saturated rings. The van der Waals surface area contributed by atoms with E-state index in [0.29, 0.717) is 5.57 Å². The quantitative estimate of drug-likeness (QED) is 0.334. The lowest BCUT2D eigenvalue weighted by Gasteiger charge is -2.29. The Morgan fingerprint density at radius 3 is 2.16 bits per heavy atom. The molecule has 0 aromatic heterocycles. The molecule has 0 saturated carbocycles. The fourth-order valence-electron chi connectivity index (χ4n) is 1.19. The molecule has 5 nitrogen and oxygen atoms in total. The third-order valence-corrected chi connectivity index (χ3v) is 2.00. The van der Waals surface area contributed by atoms with Crippen molar-refractivity contribution in [2.45, 2.75) is 65.3 Å². The number of aliphatic hydroxyl groups excluding tert-OH is 1. The first-order valence-electron chi connectivity index (χ1n) is 6.30. The average Bonchev–Trinajstić information content (AvgIpc) is 2.21. The molecule has 1 N–H and O–H groups in total. The van der Waals surface area contributed by atoms with E-state index in [0.717, 1.165) is 0 Å². The standard InChI is InChI=1S/C14H26O5/c1-10(2)12(16)17-9-11(15)8-14(6,7)19-18-13(3,4)5/h11,15H,1,8-9H2,2-7H3. The van der Waals surface area contributed by atoms with Crippen LogP contribution in [0.25, 0.3) is 0 Å². The summed E-state index contributed by atoms with van der Waals surface area (Å²) in [5.74, 6) is -0.510. The zero-order chi connectivity index (χ0) is 15.3. The molecular formula is C14H26O5. The predicted molar refractivity (Wildman–Crippen MR) is 72.4 cm³/mol. The molecule has 1 atom stereocenters. The molecule has 0 bridgehead atoms. The van der Waals surface area contributed by atoms with Crippen molar-refractivity contribution >= 4 is 5.97 Å². The molecule has 0 spiro atoms. The predicted octanol–water partition coefficient (Wildman–Crippen LogP) is 2.38. The summed E-state index contributed by atoms with van der Waals surface area (Å²) in [6, 6.07) is 0. The van der Waals surface area contributed by atoms with E-state index in [2.05, 4.69) is 6.58 Å². The number of carbonyl (C=O) groups excluding carboxylic acids is 1. The average molecular weight is 274 g/mol. The van der Waals surface area contributed by atoms with Crippen LogP contribution in [0.2, 0.25) is 0 Å². The lowest BCUT2D eigenvalue weighted by molar-refractivity contribution is -0.400. The van der Waals surface area contributed by atoms with E-state index in [1.807, 2.05) is 20.8 Å². The highest BCUT2D eigenvalue weighted by Crippen LogP contribution is 2.21. The molecule has 0 amide bonds. The first-order chi connectivity index (χ1) is 8.43. The van der Waals surface area contributed by atoms with Crippen LogP contribution >= 0.6 is 0 Å². The molecule has 5 heteroatoms.